The summed E-state index contributed by atoms with van der Waals surface area (Å²) in [5.41, 5.74) is 1.08. The van der Waals surface area contributed by atoms with Crippen molar-refractivity contribution in [3.63, 3.8) is 0 Å². The molecule has 2 aromatic carbocycles. The predicted octanol–water partition coefficient (Wildman–Crippen LogP) is 2.47. The molecule has 7 nitrogen and oxygen atoms in total. The highest BCUT2D eigenvalue weighted by Gasteiger charge is 2.33. The first kappa shape index (κ1) is 22.3. The highest BCUT2D eigenvalue weighted by Crippen LogP contribution is 2.31. The van der Waals surface area contributed by atoms with Crippen LogP contribution in [0.25, 0.3) is 6.08 Å². The summed E-state index contributed by atoms with van der Waals surface area (Å²) in [6, 6.07) is 11.8. The number of hydrogen-bond acceptors (Lipinski definition) is 7. The van der Waals surface area contributed by atoms with Crippen molar-refractivity contribution in [1.29, 1.82) is 0 Å². The van der Waals surface area contributed by atoms with Crippen molar-refractivity contribution in [3.05, 3.63) is 96.4 Å². The zero-order chi connectivity index (χ0) is 23.7. The molecule has 1 aromatic heterocycles. The summed E-state index contributed by atoms with van der Waals surface area (Å²) >= 11 is 1.11. The third kappa shape index (κ3) is 4.27. The number of hydrogen-bond donors (Lipinski definition) is 0. The average Bonchev–Trinajstić information content (AvgIpc) is 3.08. The first-order valence-electron chi connectivity index (χ1n) is 9.94. The number of nitrogens with zero attached hydrogens (tertiary/aromatic N) is 2. The number of fused-ring (bicyclic) bond motifs is 1. The van der Waals surface area contributed by atoms with Gasteiger partial charge in [0, 0.05) is 12.5 Å². The topological polar surface area (TPSA) is 87.0 Å². The minimum Gasteiger partial charge on any atom is -0.466 e. The number of allylic oxidation sites excluding steroid dienone is 1. The van der Waals surface area contributed by atoms with Gasteiger partial charge in [-0.3, -0.25) is 14.2 Å². The molecule has 0 N–H and O–H groups in total. The number of aromatic nitrogens is 1. The van der Waals surface area contributed by atoms with Crippen molar-refractivity contribution in [2.45, 2.75) is 19.9 Å². The van der Waals surface area contributed by atoms with Crippen molar-refractivity contribution in [2.24, 2.45) is 4.99 Å². The fraction of sp³-hybridized carbons (Fsp3) is 0.167. The first-order chi connectivity index (χ1) is 15.8. The second kappa shape index (κ2) is 8.95. The van der Waals surface area contributed by atoms with E-state index < -0.39 is 29.4 Å². The van der Waals surface area contributed by atoms with E-state index in [4.69, 9.17) is 9.47 Å². The smallest absolute Gasteiger partial charge is 0.338 e. The maximum Gasteiger partial charge on any atom is 0.338 e. The summed E-state index contributed by atoms with van der Waals surface area (Å²) in [6.45, 7) is 2.96. The number of methoxy groups -OCH3 is 1. The molecule has 4 rings (SSSR count). The third-order valence-electron chi connectivity index (χ3n) is 5.08. The molecule has 33 heavy (non-hydrogen) atoms. The highest BCUT2D eigenvalue weighted by molar-refractivity contribution is 7.07. The summed E-state index contributed by atoms with van der Waals surface area (Å²) in [4.78, 5) is 42.1. The fourth-order valence-electron chi connectivity index (χ4n) is 3.63. The summed E-state index contributed by atoms with van der Waals surface area (Å²) in [5, 5.41) is 0. The van der Waals surface area contributed by atoms with Gasteiger partial charge in [-0.05, 0) is 36.8 Å². The van der Waals surface area contributed by atoms with E-state index in [9.17, 15) is 18.8 Å². The van der Waals surface area contributed by atoms with Crippen molar-refractivity contribution in [2.75, 3.05) is 7.11 Å². The lowest BCUT2D eigenvalue weighted by atomic mass is 9.96. The van der Waals surface area contributed by atoms with Crippen LogP contribution in [0.1, 0.15) is 31.0 Å². The standard InChI is InChI=1S/C24H19FN2O5S/c1-13-20(23(30)31-3)21(15-8-10-17(11-9-15)32-14(2)28)27-22(29)19(33-24(27)26-13)12-16-6-4-5-7-18(16)25/h4-12,21H,1-3H3/b19-12+/t21-/m0/s1. The van der Waals surface area contributed by atoms with Crippen LogP contribution < -0.4 is 19.6 Å². The highest BCUT2D eigenvalue weighted by atomic mass is 32.1. The first-order valence-corrected chi connectivity index (χ1v) is 10.8. The summed E-state index contributed by atoms with van der Waals surface area (Å²) in [6.07, 6.45) is 1.47. The quantitative estimate of drug-likeness (QED) is 0.436. The van der Waals surface area contributed by atoms with E-state index in [1.165, 1.54) is 30.7 Å². The molecule has 1 atom stereocenters. The Morgan fingerprint density at radius 2 is 1.85 bits per heavy atom. The molecule has 0 bridgehead atoms. The van der Waals surface area contributed by atoms with E-state index >= 15 is 0 Å². The van der Waals surface area contributed by atoms with Crippen LogP contribution in [-0.4, -0.2) is 23.6 Å². The largest absolute Gasteiger partial charge is 0.466 e. The van der Waals surface area contributed by atoms with E-state index in [2.05, 4.69) is 4.99 Å². The van der Waals surface area contributed by atoms with Gasteiger partial charge in [0.05, 0.1) is 29.0 Å². The Labute approximate surface area is 191 Å². The Balaban J connectivity index is 1.93. The molecule has 0 unspecified atom stereocenters. The van der Waals surface area contributed by atoms with Crippen LogP contribution in [0.2, 0.25) is 0 Å². The zero-order valence-corrected chi connectivity index (χ0v) is 18.8. The van der Waals surface area contributed by atoms with Gasteiger partial charge in [-0.2, -0.15) is 0 Å². The number of esters is 2. The molecule has 0 saturated heterocycles. The molecule has 1 aliphatic rings. The number of benzene rings is 2. The number of ether oxygens (including phenoxy) is 2. The maximum atomic E-state index is 14.2. The molecule has 0 radical (unpaired) electrons. The van der Waals surface area contributed by atoms with Crippen LogP contribution >= 0.6 is 11.3 Å². The number of rotatable bonds is 4. The summed E-state index contributed by atoms with van der Waals surface area (Å²) in [5.74, 6) is -1.20. The summed E-state index contributed by atoms with van der Waals surface area (Å²) in [7, 11) is 1.26. The zero-order valence-electron chi connectivity index (χ0n) is 18.0. The molecule has 0 aliphatic carbocycles. The monoisotopic (exact) mass is 466 g/mol. The van der Waals surface area contributed by atoms with Gasteiger partial charge in [-0.15, -0.1) is 0 Å². The SMILES string of the molecule is COC(=O)C1=C(C)N=c2s/c(=C/c3ccccc3F)c(=O)n2[C@H]1c1ccc(OC(C)=O)cc1. The lowest BCUT2D eigenvalue weighted by molar-refractivity contribution is -0.136. The van der Waals surface area contributed by atoms with Crippen LogP contribution in [0, 0.1) is 5.82 Å². The van der Waals surface area contributed by atoms with Gasteiger partial charge < -0.3 is 9.47 Å². The Hall–Kier alpha value is -3.85. The summed E-state index contributed by atoms with van der Waals surface area (Å²) < 4.78 is 25.9. The number of carbonyl (C=O) groups is 2. The molecular formula is C24H19FN2O5S. The Bertz CT molecular complexity index is 1470. The Morgan fingerprint density at radius 3 is 2.48 bits per heavy atom. The fourth-order valence-corrected chi connectivity index (χ4v) is 4.66. The lowest BCUT2D eigenvalue weighted by Gasteiger charge is -2.24. The molecule has 0 amide bonds. The molecule has 0 fully saturated rings. The van der Waals surface area contributed by atoms with Crippen LogP contribution in [0.4, 0.5) is 4.39 Å². The van der Waals surface area contributed by atoms with E-state index in [-0.39, 0.29) is 15.7 Å². The lowest BCUT2D eigenvalue weighted by Crippen LogP contribution is -2.39. The molecule has 0 spiro atoms. The van der Waals surface area contributed by atoms with Gasteiger partial charge >= 0.3 is 11.9 Å². The molecule has 3 aromatic rings. The van der Waals surface area contributed by atoms with E-state index in [1.807, 2.05) is 0 Å². The normalized spacial score (nSPS) is 15.6. The Morgan fingerprint density at radius 1 is 1.15 bits per heavy atom. The van der Waals surface area contributed by atoms with Crippen molar-refractivity contribution in [1.82, 2.24) is 4.57 Å². The van der Waals surface area contributed by atoms with Gasteiger partial charge in [-0.1, -0.05) is 41.7 Å². The van der Waals surface area contributed by atoms with E-state index in [0.717, 1.165) is 11.3 Å². The van der Waals surface area contributed by atoms with Crippen molar-refractivity contribution in [3.8, 4) is 5.75 Å². The molecular weight excluding hydrogens is 447 g/mol. The van der Waals surface area contributed by atoms with Crippen molar-refractivity contribution < 1.29 is 23.5 Å². The number of halogens is 1. The predicted molar refractivity (Wildman–Crippen MR) is 120 cm³/mol. The van der Waals surface area contributed by atoms with Crippen LogP contribution in [0.3, 0.4) is 0 Å². The molecule has 0 saturated carbocycles. The van der Waals surface area contributed by atoms with Gasteiger partial charge in [-0.25, -0.2) is 14.2 Å². The Kier molecular flexibility index (Phi) is 6.06. The minimum atomic E-state index is -0.817. The molecule has 1 aliphatic heterocycles. The van der Waals surface area contributed by atoms with Crippen LogP contribution in [-0.2, 0) is 14.3 Å². The second-order valence-corrected chi connectivity index (χ2v) is 8.27. The average molecular weight is 466 g/mol. The minimum absolute atomic E-state index is 0.211. The van der Waals surface area contributed by atoms with E-state index in [1.54, 1.807) is 49.4 Å². The third-order valence-corrected chi connectivity index (χ3v) is 6.06. The van der Waals surface area contributed by atoms with Crippen LogP contribution in [0.15, 0.2) is 69.6 Å². The van der Waals surface area contributed by atoms with Gasteiger partial charge in [0.25, 0.3) is 5.56 Å². The van der Waals surface area contributed by atoms with Gasteiger partial charge in [0.2, 0.25) is 0 Å². The van der Waals surface area contributed by atoms with Crippen molar-refractivity contribution >= 4 is 29.4 Å². The molecule has 2 heterocycles. The number of thiazole rings is 1. The maximum absolute atomic E-state index is 14.2. The second-order valence-electron chi connectivity index (χ2n) is 7.26. The van der Waals surface area contributed by atoms with E-state index in [0.29, 0.717) is 21.8 Å². The van der Waals surface area contributed by atoms with Gasteiger partial charge in [0.1, 0.15) is 11.6 Å². The van der Waals surface area contributed by atoms with Crippen LogP contribution in [0.5, 0.6) is 5.75 Å². The van der Waals surface area contributed by atoms with Gasteiger partial charge in [0.15, 0.2) is 4.80 Å². The molecule has 168 valence electrons. The number of carbonyl (C=O) groups excluding carboxylic acids is 2. The molecule has 9 heteroatoms.